The molecule has 0 aromatic heterocycles. The lowest BCUT2D eigenvalue weighted by molar-refractivity contribution is 0.143. The smallest absolute Gasteiger partial charge is 0.0523 e. The van der Waals surface area contributed by atoms with Crippen LogP contribution >= 0.6 is 0 Å². The molecule has 15 heavy (non-hydrogen) atoms. The summed E-state index contributed by atoms with van der Waals surface area (Å²) in [5, 5.41) is 3.44. The summed E-state index contributed by atoms with van der Waals surface area (Å²) in [7, 11) is 0. The van der Waals surface area contributed by atoms with Crippen molar-refractivity contribution in [2.24, 2.45) is 5.41 Å². The minimum atomic E-state index is 0.573. The Morgan fingerprint density at radius 3 is 2.27 bits per heavy atom. The number of nitrogens with one attached hydrogen (secondary N) is 1. The van der Waals surface area contributed by atoms with Gasteiger partial charge in [-0.2, -0.15) is 0 Å². The summed E-state index contributed by atoms with van der Waals surface area (Å²) < 4.78 is 5.47. The molecule has 1 spiro atoms. The van der Waals surface area contributed by atoms with E-state index in [9.17, 15) is 0 Å². The molecule has 92 valence electrons. The van der Waals surface area contributed by atoms with Crippen molar-refractivity contribution in [1.29, 1.82) is 0 Å². The molecule has 2 saturated heterocycles. The number of rotatable bonds is 0. The Labute approximate surface area is 95.8 Å². The highest BCUT2D eigenvalue weighted by atomic mass is 16.5. The fraction of sp³-hybridized carbons (Fsp3) is 1.00. The molecule has 2 fully saturated rings. The highest BCUT2D eigenvalue weighted by Gasteiger charge is 2.34. The molecule has 2 nitrogen and oxygen atoms in total. The standard InChI is InChI=1S/C9H17NO.2C2H6/c1-2-9(3-6-10-5-1)4-7-11-8-9;2*1-2/h10H,1-8H2;2*1-2H3. The van der Waals surface area contributed by atoms with Gasteiger partial charge in [0.05, 0.1) is 6.61 Å². The summed E-state index contributed by atoms with van der Waals surface area (Å²) in [6.07, 6.45) is 5.34. The monoisotopic (exact) mass is 215 g/mol. The van der Waals surface area contributed by atoms with Crippen LogP contribution < -0.4 is 5.32 Å². The van der Waals surface area contributed by atoms with Crippen LogP contribution in [0.2, 0.25) is 0 Å². The van der Waals surface area contributed by atoms with Gasteiger partial charge in [-0.05, 0) is 44.2 Å². The first-order chi connectivity index (χ1) is 7.41. The first kappa shape index (κ1) is 14.9. The van der Waals surface area contributed by atoms with Crippen molar-refractivity contribution in [3.8, 4) is 0 Å². The van der Waals surface area contributed by atoms with Crippen LogP contribution in [0.25, 0.3) is 0 Å². The van der Waals surface area contributed by atoms with Crippen LogP contribution in [-0.4, -0.2) is 26.3 Å². The molecule has 0 radical (unpaired) electrons. The normalized spacial score (nSPS) is 29.6. The van der Waals surface area contributed by atoms with Gasteiger partial charge in [-0.15, -0.1) is 0 Å². The minimum absolute atomic E-state index is 0.573. The lowest BCUT2D eigenvalue weighted by Crippen LogP contribution is -2.22. The Morgan fingerprint density at radius 2 is 1.67 bits per heavy atom. The summed E-state index contributed by atoms with van der Waals surface area (Å²) in [6.45, 7) is 12.4. The van der Waals surface area contributed by atoms with Gasteiger partial charge >= 0.3 is 0 Å². The molecule has 2 aliphatic heterocycles. The van der Waals surface area contributed by atoms with Crippen LogP contribution in [-0.2, 0) is 4.74 Å². The van der Waals surface area contributed by atoms with Gasteiger partial charge in [0.25, 0.3) is 0 Å². The second-order valence-corrected chi connectivity index (χ2v) is 3.91. The van der Waals surface area contributed by atoms with Crippen LogP contribution in [0.4, 0.5) is 0 Å². The third-order valence-corrected chi connectivity index (χ3v) is 3.08. The predicted octanol–water partition coefficient (Wildman–Crippen LogP) is 3.22. The third kappa shape index (κ3) is 4.98. The first-order valence-corrected chi connectivity index (χ1v) is 6.70. The zero-order valence-corrected chi connectivity index (χ0v) is 11.1. The molecular weight excluding hydrogens is 186 g/mol. The van der Waals surface area contributed by atoms with Gasteiger partial charge in [0.2, 0.25) is 0 Å². The molecule has 0 bridgehead atoms. The van der Waals surface area contributed by atoms with Gasteiger partial charge in [-0.25, -0.2) is 0 Å². The van der Waals surface area contributed by atoms with E-state index in [1.165, 1.54) is 38.8 Å². The lowest BCUT2D eigenvalue weighted by Gasteiger charge is -2.24. The van der Waals surface area contributed by atoms with Gasteiger partial charge in [0, 0.05) is 6.61 Å². The van der Waals surface area contributed by atoms with E-state index >= 15 is 0 Å². The molecule has 2 heteroatoms. The molecule has 2 heterocycles. The van der Waals surface area contributed by atoms with Gasteiger partial charge in [-0.3, -0.25) is 0 Å². The van der Waals surface area contributed by atoms with Crippen LogP contribution in [0.15, 0.2) is 0 Å². The first-order valence-electron chi connectivity index (χ1n) is 6.70. The maximum absolute atomic E-state index is 5.47. The van der Waals surface area contributed by atoms with Crippen molar-refractivity contribution in [1.82, 2.24) is 5.32 Å². The van der Waals surface area contributed by atoms with Gasteiger partial charge in [0.15, 0.2) is 0 Å². The molecule has 2 aliphatic rings. The molecule has 0 aromatic rings. The van der Waals surface area contributed by atoms with E-state index in [-0.39, 0.29) is 0 Å². The van der Waals surface area contributed by atoms with E-state index in [2.05, 4.69) is 5.32 Å². The number of hydrogen-bond donors (Lipinski definition) is 1. The Hall–Kier alpha value is -0.0800. The van der Waals surface area contributed by atoms with Crippen LogP contribution in [0.3, 0.4) is 0 Å². The van der Waals surface area contributed by atoms with E-state index in [4.69, 9.17) is 4.74 Å². The van der Waals surface area contributed by atoms with Crippen molar-refractivity contribution in [3.63, 3.8) is 0 Å². The predicted molar refractivity (Wildman–Crippen MR) is 67.3 cm³/mol. The average molecular weight is 215 g/mol. The summed E-state index contributed by atoms with van der Waals surface area (Å²) in [6, 6.07) is 0. The van der Waals surface area contributed by atoms with E-state index < -0.39 is 0 Å². The average Bonchev–Trinajstić information content (AvgIpc) is 2.64. The number of ether oxygens (including phenoxy) is 1. The SMILES string of the molecule is C1CNCCC2(C1)CCOC2.CC.CC. The quantitative estimate of drug-likeness (QED) is 0.670. The van der Waals surface area contributed by atoms with Crippen LogP contribution in [0.5, 0.6) is 0 Å². The summed E-state index contributed by atoms with van der Waals surface area (Å²) >= 11 is 0. The van der Waals surface area contributed by atoms with E-state index in [0.717, 1.165) is 13.2 Å². The molecule has 0 aliphatic carbocycles. The molecule has 0 amide bonds. The largest absolute Gasteiger partial charge is 0.381 e. The topological polar surface area (TPSA) is 21.3 Å². The van der Waals surface area contributed by atoms with Crippen molar-refractivity contribution < 1.29 is 4.74 Å². The molecule has 0 saturated carbocycles. The van der Waals surface area contributed by atoms with Crippen molar-refractivity contribution in [2.75, 3.05) is 26.3 Å². The fourth-order valence-corrected chi connectivity index (χ4v) is 2.24. The van der Waals surface area contributed by atoms with Gasteiger partial charge < -0.3 is 10.1 Å². The molecule has 0 aromatic carbocycles. The molecular formula is C13H29NO. The summed E-state index contributed by atoms with van der Waals surface area (Å²) in [5.41, 5.74) is 0.573. The lowest BCUT2D eigenvalue weighted by atomic mass is 9.80. The van der Waals surface area contributed by atoms with E-state index in [0.29, 0.717) is 5.41 Å². The van der Waals surface area contributed by atoms with E-state index in [1.807, 2.05) is 27.7 Å². The number of hydrogen-bond acceptors (Lipinski definition) is 2. The second kappa shape index (κ2) is 9.17. The Bertz CT molecular complexity index is 120. The third-order valence-electron chi connectivity index (χ3n) is 3.08. The van der Waals surface area contributed by atoms with Crippen LogP contribution in [0.1, 0.15) is 53.4 Å². The molecule has 1 unspecified atom stereocenters. The zero-order chi connectivity index (χ0) is 11.6. The molecule has 1 atom stereocenters. The molecule has 1 N–H and O–H groups in total. The maximum Gasteiger partial charge on any atom is 0.0523 e. The van der Waals surface area contributed by atoms with Crippen molar-refractivity contribution in [3.05, 3.63) is 0 Å². The van der Waals surface area contributed by atoms with Gasteiger partial charge in [-0.1, -0.05) is 27.7 Å². The van der Waals surface area contributed by atoms with Crippen molar-refractivity contribution >= 4 is 0 Å². The van der Waals surface area contributed by atoms with Gasteiger partial charge in [0.1, 0.15) is 0 Å². The minimum Gasteiger partial charge on any atom is -0.381 e. The summed E-state index contributed by atoms with van der Waals surface area (Å²) in [5.74, 6) is 0. The molecule has 2 rings (SSSR count). The highest BCUT2D eigenvalue weighted by molar-refractivity contribution is 4.85. The zero-order valence-electron chi connectivity index (χ0n) is 11.1. The Kier molecular flexibility index (Phi) is 9.12. The highest BCUT2D eigenvalue weighted by Crippen LogP contribution is 2.37. The Balaban J connectivity index is 0.000000442. The fourth-order valence-electron chi connectivity index (χ4n) is 2.24. The van der Waals surface area contributed by atoms with Crippen molar-refractivity contribution in [2.45, 2.75) is 53.4 Å². The van der Waals surface area contributed by atoms with E-state index in [1.54, 1.807) is 0 Å². The maximum atomic E-state index is 5.47. The second-order valence-electron chi connectivity index (χ2n) is 3.91. The Morgan fingerprint density at radius 1 is 0.933 bits per heavy atom. The summed E-state index contributed by atoms with van der Waals surface area (Å²) in [4.78, 5) is 0. The van der Waals surface area contributed by atoms with Crippen LogP contribution in [0, 0.1) is 5.41 Å².